The molecule has 4 heteroatoms. The molecule has 0 radical (unpaired) electrons. The number of carboxylic acids is 1. The summed E-state index contributed by atoms with van der Waals surface area (Å²) in [5.74, 6) is -0.00294. The van der Waals surface area contributed by atoms with Crippen molar-refractivity contribution < 1.29 is 14.7 Å². The van der Waals surface area contributed by atoms with Crippen LogP contribution in [0.3, 0.4) is 0 Å². The first-order valence-corrected chi connectivity index (χ1v) is 8.51. The lowest BCUT2D eigenvalue weighted by molar-refractivity contribution is -0.143. The predicted octanol–water partition coefficient (Wildman–Crippen LogP) is 3.30. The minimum Gasteiger partial charge on any atom is -0.481 e. The van der Waals surface area contributed by atoms with Crippen LogP contribution in [0.15, 0.2) is 0 Å². The van der Waals surface area contributed by atoms with E-state index in [1.54, 1.807) is 6.92 Å². The second-order valence-electron chi connectivity index (χ2n) is 7.10. The number of hydrogen-bond donors (Lipinski definition) is 1. The third kappa shape index (κ3) is 4.72. The van der Waals surface area contributed by atoms with Gasteiger partial charge in [0, 0.05) is 19.0 Å². The summed E-state index contributed by atoms with van der Waals surface area (Å²) >= 11 is 0. The van der Waals surface area contributed by atoms with Gasteiger partial charge in [-0.25, -0.2) is 0 Å². The lowest BCUT2D eigenvalue weighted by Gasteiger charge is -2.30. The molecule has 2 atom stereocenters. The number of nitrogens with zero attached hydrogens (tertiary/aromatic N) is 1. The maximum Gasteiger partial charge on any atom is 0.308 e. The average Bonchev–Trinajstić information content (AvgIpc) is 3.29. The van der Waals surface area contributed by atoms with Gasteiger partial charge in [-0.3, -0.25) is 9.59 Å². The monoisotopic (exact) mass is 295 g/mol. The van der Waals surface area contributed by atoms with Gasteiger partial charge in [-0.1, -0.05) is 46.0 Å². The Morgan fingerprint density at radius 2 is 1.71 bits per heavy atom. The molecule has 120 valence electrons. The van der Waals surface area contributed by atoms with Crippen LogP contribution in [0.5, 0.6) is 0 Å². The van der Waals surface area contributed by atoms with Crippen LogP contribution >= 0.6 is 0 Å². The van der Waals surface area contributed by atoms with Gasteiger partial charge in [0.05, 0.1) is 5.92 Å². The molecule has 0 spiro atoms. The summed E-state index contributed by atoms with van der Waals surface area (Å²) in [5.41, 5.74) is 0. The van der Waals surface area contributed by atoms with Gasteiger partial charge in [0.25, 0.3) is 0 Å². The highest BCUT2D eigenvalue weighted by molar-refractivity contribution is 5.78. The number of aliphatic carboxylic acids is 1. The Morgan fingerprint density at radius 3 is 2.24 bits per heavy atom. The first kappa shape index (κ1) is 16.3. The fraction of sp³-hybridized carbons (Fsp3) is 0.882. The quantitative estimate of drug-likeness (QED) is 0.784. The molecule has 0 aromatic rings. The molecule has 4 nitrogen and oxygen atoms in total. The van der Waals surface area contributed by atoms with E-state index < -0.39 is 11.9 Å². The van der Waals surface area contributed by atoms with Crippen molar-refractivity contribution in [2.24, 2.45) is 17.8 Å². The Balaban J connectivity index is 1.87. The van der Waals surface area contributed by atoms with Crippen LogP contribution in [0.25, 0.3) is 0 Å². The molecule has 0 aromatic carbocycles. The van der Waals surface area contributed by atoms with Crippen molar-refractivity contribution in [1.29, 1.82) is 0 Å². The molecule has 1 amide bonds. The van der Waals surface area contributed by atoms with E-state index in [-0.39, 0.29) is 5.91 Å². The summed E-state index contributed by atoms with van der Waals surface area (Å²) in [6, 6.07) is 0.304. The van der Waals surface area contributed by atoms with Gasteiger partial charge in [0.15, 0.2) is 0 Å². The number of amides is 1. The van der Waals surface area contributed by atoms with Crippen LogP contribution in [-0.4, -0.2) is 34.5 Å². The van der Waals surface area contributed by atoms with E-state index >= 15 is 0 Å². The van der Waals surface area contributed by atoms with E-state index in [1.807, 2.05) is 4.90 Å². The summed E-state index contributed by atoms with van der Waals surface area (Å²) < 4.78 is 0. The van der Waals surface area contributed by atoms with Gasteiger partial charge in [0.1, 0.15) is 0 Å². The van der Waals surface area contributed by atoms with Crippen molar-refractivity contribution in [3.05, 3.63) is 0 Å². The molecule has 2 fully saturated rings. The molecule has 2 aliphatic rings. The highest BCUT2D eigenvalue weighted by Crippen LogP contribution is 2.33. The second kappa shape index (κ2) is 7.28. The molecule has 0 heterocycles. The van der Waals surface area contributed by atoms with Gasteiger partial charge >= 0.3 is 5.97 Å². The largest absolute Gasteiger partial charge is 0.481 e. The molecule has 0 saturated heterocycles. The topological polar surface area (TPSA) is 57.6 Å². The Morgan fingerprint density at radius 1 is 1.10 bits per heavy atom. The molecule has 2 unspecified atom stereocenters. The summed E-state index contributed by atoms with van der Waals surface area (Å²) in [6.07, 6.45) is 9.10. The molecule has 0 bridgehead atoms. The van der Waals surface area contributed by atoms with E-state index in [0.29, 0.717) is 30.8 Å². The Hall–Kier alpha value is -1.06. The van der Waals surface area contributed by atoms with Crippen LogP contribution in [0.1, 0.15) is 65.2 Å². The summed E-state index contributed by atoms with van der Waals surface area (Å²) in [6.45, 7) is 4.26. The lowest BCUT2D eigenvalue weighted by Crippen LogP contribution is -2.39. The second-order valence-corrected chi connectivity index (χ2v) is 7.10. The molecule has 21 heavy (non-hydrogen) atoms. The van der Waals surface area contributed by atoms with Crippen molar-refractivity contribution in [3.8, 4) is 0 Å². The van der Waals surface area contributed by atoms with Crippen LogP contribution < -0.4 is 0 Å². The van der Waals surface area contributed by atoms with Crippen LogP contribution in [0, 0.1) is 17.8 Å². The number of carbonyl (C=O) groups excluding carboxylic acids is 1. The normalized spacial score (nSPS) is 22.6. The highest BCUT2D eigenvalue weighted by atomic mass is 16.4. The van der Waals surface area contributed by atoms with E-state index in [2.05, 4.69) is 6.92 Å². The molecular weight excluding hydrogens is 266 g/mol. The smallest absolute Gasteiger partial charge is 0.308 e. The molecule has 1 N–H and O–H groups in total. The molecule has 2 aliphatic carbocycles. The third-order valence-electron chi connectivity index (χ3n) is 5.15. The Labute approximate surface area is 127 Å². The fourth-order valence-electron chi connectivity index (χ4n) is 3.48. The van der Waals surface area contributed by atoms with Crippen LogP contribution in [0.4, 0.5) is 0 Å². The van der Waals surface area contributed by atoms with E-state index in [1.165, 1.54) is 32.1 Å². The predicted molar refractivity (Wildman–Crippen MR) is 81.9 cm³/mol. The van der Waals surface area contributed by atoms with Crippen LogP contribution in [0.2, 0.25) is 0 Å². The third-order valence-corrected chi connectivity index (χ3v) is 5.15. The number of rotatable bonds is 7. The molecule has 2 rings (SSSR count). The summed E-state index contributed by atoms with van der Waals surface area (Å²) in [4.78, 5) is 25.4. The zero-order valence-corrected chi connectivity index (χ0v) is 13.4. The zero-order valence-electron chi connectivity index (χ0n) is 13.4. The van der Waals surface area contributed by atoms with Crippen molar-refractivity contribution >= 4 is 11.9 Å². The van der Waals surface area contributed by atoms with E-state index in [4.69, 9.17) is 5.11 Å². The van der Waals surface area contributed by atoms with Gasteiger partial charge in [-0.2, -0.15) is 0 Å². The number of hydrogen-bond acceptors (Lipinski definition) is 2. The molecule has 0 aromatic heterocycles. The minimum atomic E-state index is -0.811. The first-order chi connectivity index (χ1) is 9.99. The molecular formula is C17H29NO3. The summed E-state index contributed by atoms with van der Waals surface area (Å²) in [5, 5.41) is 9.06. The molecule has 0 aliphatic heterocycles. The highest BCUT2D eigenvalue weighted by Gasteiger charge is 2.35. The summed E-state index contributed by atoms with van der Waals surface area (Å²) in [7, 11) is 0. The lowest BCUT2D eigenvalue weighted by atomic mass is 9.79. The van der Waals surface area contributed by atoms with Crippen molar-refractivity contribution in [3.63, 3.8) is 0 Å². The van der Waals surface area contributed by atoms with Crippen molar-refractivity contribution in [2.75, 3.05) is 6.54 Å². The van der Waals surface area contributed by atoms with Gasteiger partial charge < -0.3 is 10.0 Å². The van der Waals surface area contributed by atoms with Crippen LogP contribution in [-0.2, 0) is 9.59 Å². The van der Waals surface area contributed by atoms with Gasteiger partial charge in [-0.05, 0) is 24.7 Å². The van der Waals surface area contributed by atoms with Crippen molar-refractivity contribution in [2.45, 2.75) is 71.3 Å². The standard InChI is InChI=1S/C17H29NO3/c1-12(14-6-4-3-5-7-14)10-16(19)18(15-8-9-15)11-13(2)17(20)21/h12-15H,3-11H2,1-2H3,(H,20,21). The van der Waals surface area contributed by atoms with Gasteiger partial charge in [0.2, 0.25) is 5.91 Å². The zero-order chi connectivity index (χ0) is 15.4. The number of carboxylic acid groups (broad SMARTS) is 1. The average molecular weight is 295 g/mol. The van der Waals surface area contributed by atoms with Crippen molar-refractivity contribution in [1.82, 2.24) is 4.90 Å². The van der Waals surface area contributed by atoms with Gasteiger partial charge in [-0.15, -0.1) is 0 Å². The maximum atomic E-state index is 12.6. The fourth-order valence-corrected chi connectivity index (χ4v) is 3.48. The molecule has 2 saturated carbocycles. The Kier molecular flexibility index (Phi) is 5.65. The maximum absolute atomic E-state index is 12.6. The van der Waals surface area contributed by atoms with E-state index in [9.17, 15) is 9.59 Å². The Bertz CT molecular complexity index is 372. The first-order valence-electron chi connectivity index (χ1n) is 8.51. The number of carbonyl (C=O) groups is 2. The van der Waals surface area contributed by atoms with E-state index in [0.717, 1.165) is 12.8 Å². The SMILES string of the molecule is CC(CN(C(=O)CC(C)C1CCCCC1)C1CC1)C(=O)O. The minimum absolute atomic E-state index is 0.170.